The third-order valence-electron chi connectivity index (χ3n) is 1.20. The van der Waals surface area contributed by atoms with E-state index >= 15 is 0 Å². The summed E-state index contributed by atoms with van der Waals surface area (Å²) < 4.78 is 4.88. The SMILES string of the molecule is CC(C)(C)OC(=O)NC(=O)C(C)(C)N. The third-order valence-corrected chi connectivity index (χ3v) is 1.20. The van der Waals surface area contributed by atoms with E-state index in [1.165, 1.54) is 13.8 Å². The van der Waals surface area contributed by atoms with E-state index in [0.29, 0.717) is 0 Å². The van der Waals surface area contributed by atoms with Crippen molar-refractivity contribution in [2.45, 2.75) is 45.8 Å². The van der Waals surface area contributed by atoms with E-state index in [2.05, 4.69) is 5.32 Å². The number of carbonyl (C=O) groups excluding carboxylic acids is 2. The summed E-state index contributed by atoms with van der Waals surface area (Å²) in [4.78, 5) is 22.3. The summed E-state index contributed by atoms with van der Waals surface area (Å²) in [5, 5.41) is 2.05. The molecule has 0 spiro atoms. The highest BCUT2D eigenvalue weighted by Gasteiger charge is 2.26. The van der Waals surface area contributed by atoms with Crippen molar-refractivity contribution in [2.24, 2.45) is 5.73 Å². The summed E-state index contributed by atoms with van der Waals surface area (Å²) in [6.45, 7) is 8.15. The molecular weight excluding hydrogens is 184 g/mol. The van der Waals surface area contributed by atoms with Gasteiger partial charge in [0.15, 0.2) is 0 Å². The van der Waals surface area contributed by atoms with E-state index in [0.717, 1.165) is 0 Å². The van der Waals surface area contributed by atoms with Gasteiger partial charge in [-0.3, -0.25) is 10.1 Å². The highest BCUT2D eigenvalue weighted by molar-refractivity contribution is 5.96. The minimum absolute atomic E-state index is 0.563. The van der Waals surface area contributed by atoms with Crippen molar-refractivity contribution < 1.29 is 14.3 Å². The molecule has 0 aliphatic carbocycles. The van der Waals surface area contributed by atoms with E-state index in [-0.39, 0.29) is 0 Å². The molecule has 0 bridgehead atoms. The molecule has 2 amide bonds. The molecule has 0 saturated heterocycles. The van der Waals surface area contributed by atoms with Gasteiger partial charge < -0.3 is 10.5 Å². The maximum atomic E-state index is 11.2. The molecule has 0 atom stereocenters. The zero-order valence-corrected chi connectivity index (χ0v) is 9.30. The highest BCUT2D eigenvalue weighted by atomic mass is 16.6. The number of alkyl carbamates (subject to hydrolysis) is 1. The van der Waals surface area contributed by atoms with Crippen LogP contribution in [0.5, 0.6) is 0 Å². The molecule has 0 aromatic carbocycles. The Balaban J connectivity index is 4.16. The summed E-state index contributed by atoms with van der Waals surface area (Å²) in [5.74, 6) is -0.563. The van der Waals surface area contributed by atoms with E-state index in [9.17, 15) is 9.59 Å². The number of hydrogen-bond acceptors (Lipinski definition) is 4. The first kappa shape index (κ1) is 12.9. The Morgan fingerprint density at radius 1 is 1.14 bits per heavy atom. The van der Waals surface area contributed by atoms with Crippen LogP contribution in [0.2, 0.25) is 0 Å². The standard InChI is InChI=1S/C9H18N2O3/c1-8(2,3)14-7(13)11-6(12)9(4,5)10/h10H2,1-5H3,(H,11,12,13). The Bertz CT molecular complexity index is 235. The van der Waals surface area contributed by atoms with E-state index in [1.807, 2.05) is 0 Å². The van der Waals surface area contributed by atoms with Gasteiger partial charge in [0, 0.05) is 0 Å². The predicted octanol–water partition coefficient (Wildman–Crippen LogP) is 0.775. The van der Waals surface area contributed by atoms with Crippen molar-refractivity contribution >= 4 is 12.0 Å². The van der Waals surface area contributed by atoms with Gasteiger partial charge in [0.05, 0.1) is 5.54 Å². The second-order valence-corrected chi connectivity index (χ2v) is 4.68. The summed E-state index contributed by atoms with van der Waals surface area (Å²) in [5.41, 5.74) is 3.76. The molecule has 0 saturated carbocycles. The lowest BCUT2D eigenvalue weighted by atomic mass is 10.1. The van der Waals surface area contributed by atoms with Crippen LogP contribution in [-0.2, 0) is 9.53 Å². The van der Waals surface area contributed by atoms with Gasteiger partial charge in [-0.25, -0.2) is 4.79 Å². The monoisotopic (exact) mass is 202 g/mol. The predicted molar refractivity (Wildman–Crippen MR) is 52.6 cm³/mol. The van der Waals surface area contributed by atoms with Crippen LogP contribution >= 0.6 is 0 Å². The number of hydrogen-bond donors (Lipinski definition) is 2. The topological polar surface area (TPSA) is 81.4 Å². The van der Waals surface area contributed by atoms with E-state index in [4.69, 9.17) is 10.5 Å². The van der Waals surface area contributed by atoms with Gasteiger partial charge in [-0.2, -0.15) is 0 Å². The molecule has 0 heterocycles. The van der Waals surface area contributed by atoms with Crippen LogP contribution in [-0.4, -0.2) is 23.1 Å². The van der Waals surface area contributed by atoms with Crippen LogP contribution in [0.25, 0.3) is 0 Å². The number of carbonyl (C=O) groups is 2. The van der Waals surface area contributed by atoms with Gasteiger partial charge in [0.1, 0.15) is 5.60 Å². The van der Waals surface area contributed by atoms with Crippen molar-refractivity contribution in [3.63, 3.8) is 0 Å². The lowest BCUT2D eigenvalue weighted by Crippen LogP contribution is -2.51. The lowest BCUT2D eigenvalue weighted by molar-refractivity contribution is -0.124. The van der Waals surface area contributed by atoms with Gasteiger partial charge >= 0.3 is 6.09 Å². The van der Waals surface area contributed by atoms with Crippen molar-refractivity contribution in [3.05, 3.63) is 0 Å². The number of nitrogens with two attached hydrogens (primary N) is 1. The molecule has 3 N–H and O–H groups in total. The second-order valence-electron chi connectivity index (χ2n) is 4.68. The molecule has 5 nitrogen and oxygen atoms in total. The highest BCUT2D eigenvalue weighted by Crippen LogP contribution is 2.06. The number of ether oxygens (including phenoxy) is 1. The molecule has 82 valence electrons. The maximum absolute atomic E-state index is 11.2. The second kappa shape index (κ2) is 3.96. The quantitative estimate of drug-likeness (QED) is 0.658. The molecule has 5 heteroatoms. The fourth-order valence-electron chi connectivity index (χ4n) is 0.557. The molecule has 14 heavy (non-hydrogen) atoms. The van der Waals surface area contributed by atoms with Crippen molar-refractivity contribution in [3.8, 4) is 0 Å². The maximum Gasteiger partial charge on any atom is 0.414 e. The molecule has 0 radical (unpaired) electrons. The number of amides is 2. The molecule has 0 aromatic rings. The van der Waals surface area contributed by atoms with Crippen molar-refractivity contribution in [1.82, 2.24) is 5.32 Å². The summed E-state index contributed by atoms with van der Waals surface area (Å²) in [7, 11) is 0. The molecular formula is C9H18N2O3. The Morgan fingerprint density at radius 2 is 1.57 bits per heavy atom. The number of rotatable bonds is 1. The Kier molecular flexibility index (Phi) is 3.65. The fraction of sp³-hybridized carbons (Fsp3) is 0.778. The lowest BCUT2D eigenvalue weighted by Gasteiger charge is -2.22. The average Bonchev–Trinajstić information content (AvgIpc) is 1.79. The first-order valence-corrected chi connectivity index (χ1v) is 4.36. The minimum atomic E-state index is -1.09. The van der Waals surface area contributed by atoms with Crippen molar-refractivity contribution in [1.29, 1.82) is 0 Å². The summed E-state index contributed by atoms with van der Waals surface area (Å²) >= 11 is 0. The first-order valence-electron chi connectivity index (χ1n) is 4.36. The summed E-state index contributed by atoms with van der Waals surface area (Å²) in [6, 6.07) is 0. The van der Waals surface area contributed by atoms with Gasteiger partial charge in [-0.1, -0.05) is 0 Å². The number of nitrogens with one attached hydrogen (secondary N) is 1. The average molecular weight is 202 g/mol. The zero-order valence-electron chi connectivity index (χ0n) is 9.30. The minimum Gasteiger partial charge on any atom is -0.444 e. The van der Waals surface area contributed by atoms with Gasteiger partial charge in [-0.15, -0.1) is 0 Å². The Labute approximate surface area is 84.0 Å². The van der Waals surface area contributed by atoms with Crippen LogP contribution in [0.1, 0.15) is 34.6 Å². The molecule has 0 unspecified atom stereocenters. The Morgan fingerprint density at radius 3 is 1.86 bits per heavy atom. The first-order chi connectivity index (χ1) is 6.02. The fourth-order valence-corrected chi connectivity index (χ4v) is 0.557. The Hall–Kier alpha value is -1.10. The third kappa shape index (κ3) is 5.53. The molecule has 0 aliphatic heterocycles. The van der Waals surface area contributed by atoms with Gasteiger partial charge in [-0.05, 0) is 34.6 Å². The van der Waals surface area contributed by atoms with Crippen LogP contribution in [0.4, 0.5) is 4.79 Å². The normalized spacial score (nSPS) is 12.1. The van der Waals surface area contributed by atoms with Crippen LogP contribution in [0.3, 0.4) is 0 Å². The molecule has 0 rings (SSSR count). The van der Waals surface area contributed by atoms with Crippen LogP contribution < -0.4 is 11.1 Å². The van der Waals surface area contributed by atoms with E-state index < -0.39 is 23.1 Å². The zero-order chi connectivity index (χ0) is 11.6. The number of imide groups is 1. The molecule has 0 aliphatic rings. The smallest absolute Gasteiger partial charge is 0.414 e. The largest absolute Gasteiger partial charge is 0.444 e. The summed E-state index contributed by atoms with van der Waals surface area (Å²) in [6.07, 6.45) is -0.777. The van der Waals surface area contributed by atoms with Gasteiger partial charge in [0.25, 0.3) is 0 Å². The van der Waals surface area contributed by atoms with Crippen LogP contribution in [0, 0.1) is 0 Å². The molecule has 0 aromatic heterocycles. The van der Waals surface area contributed by atoms with Crippen LogP contribution in [0.15, 0.2) is 0 Å². The van der Waals surface area contributed by atoms with Gasteiger partial charge in [0.2, 0.25) is 5.91 Å². The molecule has 0 fully saturated rings. The van der Waals surface area contributed by atoms with E-state index in [1.54, 1.807) is 20.8 Å². The van der Waals surface area contributed by atoms with Crippen molar-refractivity contribution in [2.75, 3.05) is 0 Å².